The lowest BCUT2D eigenvalue weighted by molar-refractivity contribution is -0.0700. The zero-order chi connectivity index (χ0) is 26.1. The van der Waals surface area contributed by atoms with Crippen LogP contribution in [0, 0.1) is 18.6 Å². The third-order valence-electron chi connectivity index (χ3n) is 5.59. The van der Waals surface area contributed by atoms with E-state index in [-0.39, 0.29) is 22.4 Å². The maximum absolute atomic E-state index is 14.8. The molecular weight excluding hydrogens is 506 g/mol. The normalized spacial score (nSPS) is 11.4. The van der Waals surface area contributed by atoms with Crippen LogP contribution in [0.1, 0.15) is 21.6 Å². The molecule has 1 amide bonds. The fraction of sp³-hybridized carbons (Fsp3) is 0.160. The van der Waals surface area contributed by atoms with E-state index in [2.05, 4.69) is 20.3 Å². The van der Waals surface area contributed by atoms with Crippen molar-refractivity contribution in [2.24, 2.45) is 0 Å². The molecule has 0 bridgehead atoms. The van der Waals surface area contributed by atoms with Crippen molar-refractivity contribution in [2.75, 3.05) is 13.2 Å². The van der Waals surface area contributed by atoms with Gasteiger partial charge in [0.2, 0.25) is 0 Å². The van der Waals surface area contributed by atoms with E-state index in [1.54, 1.807) is 16.8 Å². The molecule has 0 saturated heterocycles. The summed E-state index contributed by atoms with van der Waals surface area (Å²) in [6.07, 6.45) is 0. The van der Waals surface area contributed by atoms with Gasteiger partial charge in [-0.2, -0.15) is 0 Å². The number of hydroxylamine groups is 1. The Balaban J connectivity index is 1.46. The van der Waals surface area contributed by atoms with E-state index < -0.39 is 29.7 Å². The molecule has 0 fully saturated rings. The van der Waals surface area contributed by atoms with Crippen LogP contribution in [0.4, 0.5) is 8.78 Å². The molecule has 5 rings (SSSR count). The molecule has 9 nitrogen and oxygen atoms in total. The van der Waals surface area contributed by atoms with Gasteiger partial charge in [0, 0.05) is 28.4 Å². The number of hydrogen-bond donors (Lipinski definition) is 1. The van der Waals surface area contributed by atoms with Crippen LogP contribution in [0.3, 0.4) is 0 Å². The van der Waals surface area contributed by atoms with E-state index >= 15 is 0 Å². The lowest BCUT2D eigenvalue weighted by Crippen LogP contribution is -2.25. The van der Waals surface area contributed by atoms with Gasteiger partial charge in [-0.1, -0.05) is 17.3 Å². The van der Waals surface area contributed by atoms with Gasteiger partial charge in [0.25, 0.3) is 5.91 Å². The number of halogens is 3. The molecule has 0 radical (unpaired) electrons. The first-order chi connectivity index (χ1) is 17.8. The van der Waals surface area contributed by atoms with Gasteiger partial charge < -0.3 is 5.11 Å². The Labute approximate surface area is 213 Å². The van der Waals surface area contributed by atoms with E-state index in [4.69, 9.17) is 21.7 Å². The second kappa shape index (κ2) is 10.1. The molecule has 0 saturated carbocycles. The number of fused-ring (bicyclic) bond motifs is 2. The highest BCUT2D eigenvalue weighted by Gasteiger charge is 2.25. The van der Waals surface area contributed by atoms with E-state index in [1.807, 2.05) is 37.3 Å². The van der Waals surface area contributed by atoms with Crippen molar-refractivity contribution in [1.29, 1.82) is 0 Å². The first kappa shape index (κ1) is 24.6. The fourth-order valence-electron chi connectivity index (χ4n) is 3.86. The first-order valence-electron chi connectivity index (χ1n) is 11.1. The van der Waals surface area contributed by atoms with Gasteiger partial charge in [-0.3, -0.25) is 14.6 Å². The Morgan fingerprint density at radius 2 is 1.81 bits per heavy atom. The average Bonchev–Trinajstić information content (AvgIpc) is 3.28. The SMILES string of the molecule is Cc1ccc2cc(Cn3nnc4ccc(-c5cc(F)c(C(=O)N(Cl)OCCO)c(F)c5)nc43)ccc2n1. The lowest BCUT2D eigenvalue weighted by atomic mass is 10.1. The number of aryl methyl sites for hydroxylation is 1. The number of pyridine rings is 2. The maximum Gasteiger partial charge on any atom is 0.298 e. The molecule has 0 atom stereocenters. The van der Waals surface area contributed by atoms with Crippen molar-refractivity contribution in [2.45, 2.75) is 13.5 Å². The predicted molar refractivity (Wildman–Crippen MR) is 131 cm³/mol. The molecular formula is C25H19ClF2N6O3. The summed E-state index contributed by atoms with van der Waals surface area (Å²) in [5, 5.41) is 18.1. The number of aliphatic hydroxyl groups excluding tert-OH is 1. The number of carbonyl (C=O) groups is 1. The molecule has 188 valence electrons. The smallest absolute Gasteiger partial charge is 0.298 e. The summed E-state index contributed by atoms with van der Waals surface area (Å²) in [7, 11) is 0. The number of nitrogens with zero attached hydrogens (tertiary/aromatic N) is 6. The lowest BCUT2D eigenvalue weighted by Gasteiger charge is -2.14. The zero-order valence-corrected chi connectivity index (χ0v) is 20.2. The Morgan fingerprint density at radius 3 is 2.57 bits per heavy atom. The van der Waals surface area contributed by atoms with E-state index in [0.717, 1.165) is 34.3 Å². The van der Waals surface area contributed by atoms with Crippen LogP contribution in [0.15, 0.2) is 54.6 Å². The zero-order valence-electron chi connectivity index (χ0n) is 19.4. The topological polar surface area (TPSA) is 106 Å². The highest BCUT2D eigenvalue weighted by Crippen LogP contribution is 2.26. The van der Waals surface area contributed by atoms with Gasteiger partial charge in [-0.05, 0) is 55.0 Å². The molecule has 0 unspecified atom stereocenters. The summed E-state index contributed by atoms with van der Waals surface area (Å²) in [5.74, 6) is -3.54. The highest BCUT2D eigenvalue weighted by molar-refractivity contribution is 6.23. The molecule has 37 heavy (non-hydrogen) atoms. The van der Waals surface area contributed by atoms with Crippen molar-refractivity contribution >= 4 is 39.8 Å². The predicted octanol–water partition coefficient (Wildman–Crippen LogP) is 4.20. The molecule has 0 aliphatic heterocycles. The van der Waals surface area contributed by atoms with Gasteiger partial charge in [0.05, 0.1) is 31.0 Å². The van der Waals surface area contributed by atoms with Crippen LogP contribution in [-0.2, 0) is 11.4 Å². The Bertz CT molecular complexity index is 1620. The number of amides is 1. The number of aliphatic hydroxyl groups is 1. The number of rotatable bonds is 7. The molecule has 0 aliphatic carbocycles. The fourth-order valence-corrected chi connectivity index (χ4v) is 4.02. The minimum absolute atomic E-state index is 0.103. The number of benzene rings is 2. The average molecular weight is 525 g/mol. The van der Waals surface area contributed by atoms with Gasteiger partial charge in [0.15, 0.2) is 5.65 Å². The number of aromatic nitrogens is 5. The van der Waals surface area contributed by atoms with Crippen LogP contribution >= 0.6 is 11.8 Å². The standard InChI is InChI=1S/C25H19ClF2N6O3/c1-14-2-4-16-10-15(3-5-20(16)29-14)13-33-24-22(31-32-33)7-6-21(30-24)17-11-18(27)23(19(28)12-17)25(36)34(26)37-9-8-35/h2-7,10-12,35H,8-9,13H2,1H3. The van der Waals surface area contributed by atoms with Crippen molar-refractivity contribution in [3.63, 3.8) is 0 Å². The summed E-state index contributed by atoms with van der Waals surface area (Å²) in [5.41, 5.74) is 3.15. The quantitative estimate of drug-likeness (QED) is 0.251. The molecule has 3 heterocycles. The van der Waals surface area contributed by atoms with Gasteiger partial charge >= 0.3 is 0 Å². The second-order valence-corrected chi connectivity index (χ2v) is 8.49. The molecule has 1 N–H and O–H groups in total. The third kappa shape index (κ3) is 4.96. The van der Waals surface area contributed by atoms with Crippen molar-refractivity contribution in [1.82, 2.24) is 29.5 Å². The van der Waals surface area contributed by atoms with Crippen LogP contribution < -0.4 is 0 Å². The molecule has 2 aromatic carbocycles. The van der Waals surface area contributed by atoms with Gasteiger partial charge in [0.1, 0.15) is 22.7 Å². The largest absolute Gasteiger partial charge is 0.394 e. The van der Waals surface area contributed by atoms with Crippen molar-refractivity contribution in [3.05, 3.63) is 83.1 Å². The van der Waals surface area contributed by atoms with Crippen LogP contribution in [0.2, 0.25) is 0 Å². The molecule has 12 heteroatoms. The minimum Gasteiger partial charge on any atom is -0.394 e. The van der Waals surface area contributed by atoms with Crippen molar-refractivity contribution in [3.8, 4) is 11.3 Å². The first-order valence-corrected chi connectivity index (χ1v) is 11.5. The Morgan fingerprint density at radius 1 is 1.05 bits per heavy atom. The van der Waals surface area contributed by atoms with Crippen molar-refractivity contribution < 1.29 is 23.5 Å². The van der Waals surface area contributed by atoms with Gasteiger partial charge in [-0.25, -0.2) is 18.4 Å². The summed E-state index contributed by atoms with van der Waals surface area (Å²) in [6, 6.07) is 15.0. The molecule has 0 aliphatic rings. The van der Waals surface area contributed by atoms with E-state index in [1.165, 1.54) is 0 Å². The highest BCUT2D eigenvalue weighted by atomic mass is 35.5. The number of hydrogen-bond acceptors (Lipinski definition) is 7. The molecule has 5 aromatic rings. The monoisotopic (exact) mass is 524 g/mol. The Kier molecular flexibility index (Phi) is 6.74. The van der Waals surface area contributed by atoms with Crippen LogP contribution in [-0.4, -0.2) is 53.8 Å². The van der Waals surface area contributed by atoms with Gasteiger partial charge in [-0.15, -0.1) is 9.68 Å². The Hall–Kier alpha value is -4.06. The van der Waals surface area contributed by atoms with E-state index in [0.29, 0.717) is 17.7 Å². The summed E-state index contributed by atoms with van der Waals surface area (Å²) >= 11 is 5.61. The molecule has 0 spiro atoms. The second-order valence-electron chi connectivity index (χ2n) is 8.19. The molecule has 3 aromatic heterocycles. The number of carbonyl (C=O) groups excluding carboxylic acids is 1. The summed E-state index contributed by atoms with van der Waals surface area (Å²) < 4.78 is 31.3. The maximum atomic E-state index is 14.8. The van der Waals surface area contributed by atoms with E-state index in [9.17, 15) is 13.6 Å². The minimum atomic E-state index is -1.25. The summed E-state index contributed by atoms with van der Waals surface area (Å²) in [4.78, 5) is 26.0. The summed E-state index contributed by atoms with van der Waals surface area (Å²) in [6.45, 7) is 1.55. The third-order valence-corrected chi connectivity index (χ3v) is 5.84. The van der Waals surface area contributed by atoms with Crippen LogP contribution in [0.25, 0.3) is 33.3 Å². The van der Waals surface area contributed by atoms with Crippen LogP contribution in [0.5, 0.6) is 0 Å².